The summed E-state index contributed by atoms with van der Waals surface area (Å²) < 4.78 is 0. The van der Waals surface area contributed by atoms with Crippen LogP contribution in [0.4, 0.5) is 9.59 Å². The van der Waals surface area contributed by atoms with Gasteiger partial charge in [-0.1, -0.05) is 0 Å². The number of likely N-dealkylation sites (N-methyl/N-ethyl adjacent to an activating group) is 2. The Morgan fingerprint density at radius 2 is 2.00 bits per heavy atom. The average Bonchev–Trinajstić information content (AvgIpc) is 2.68. The zero-order valence-electron chi connectivity index (χ0n) is 9.54. The minimum absolute atomic E-state index is 0.0286. The van der Waals surface area contributed by atoms with E-state index in [0.717, 1.165) is 0 Å². The number of carbonyl (C=O) groups excluding carboxylic acids is 3. The zero-order valence-corrected chi connectivity index (χ0v) is 9.54. The summed E-state index contributed by atoms with van der Waals surface area (Å²) in [6.07, 6.45) is -1.14. The van der Waals surface area contributed by atoms with Crippen molar-refractivity contribution in [3.63, 3.8) is 0 Å². The van der Waals surface area contributed by atoms with E-state index in [0.29, 0.717) is 0 Å². The summed E-state index contributed by atoms with van der Waals surface area (Å²) in [6, 6.07) is -0.578. The molecule has 0 aliphatic carbocycles. The van der Waals surface area contributed by atoms with Crippen molar-refractivity contribution in [1.82, 2.24) is 20.0 Å². The smallest absolute Gasteiger partial charge is 0.323 e. The number of amides is 4. The van der Waals surface area contributed by atoms with E-state index in [4.69, 9.17) is 0 Å². The maximum Gasteiger partial charge on any atom is 0.323 e. The highest BCUT2D eigenvalue weighted by Crippen LogP contribution is 2.26. The van der Waals surface area contributed by atoms with Crippen LogP contribution in [0.5, 0.6) is 0 Å². The molecule has 2 aliphatic heterocycles. The van der Waals surface area contributed by atoms with Crippen molar-refractivity contribution < 1.29 is 19.5 Å². The quantitative estimate of drug-likeness (QED) is 0.606. The SMILES string of the molecule is CN1C(=O)N(C)[C@@H]2[C@@H]1NC(=O)N2CCC(=O)[O-]. The van der Waals surface area contributed by atoms with Gasteiger partial charge in [-0.25, -0.2) is 9.59 Å². The van der Waals surface area contributed by atoms with Gasteiger partial charge in [-0.2, -0.15) is 0 Å². The number of carboxylic acids is 1. The lowest BCUT2D eigenvalue weighted by Gasteiger charge is -2.26. The molecule has 0 aromatic rings. The van der Waals surface area contributed by atoms with Gasteiger partial charge in [0, 0.05) is 33.0 Å². The number of rotatable bonds is 3. The van der Waals surface area contributed by atoms with Gasteiger partial charge in [0.05, 0.1) is 0 Å². The summed E-state index contributed by atoms with van der Waals surface area (Å²) in [7, 11) is 3.17. The predicted molar refractivity (Wildman–Crippen MR) is 53.4 cm³/mol. The van der Waals surface area contributed by atoms with Gasteiger partial charge in [-0.15, -0.1) is 0 Å². The molecular weight excluding hydrogens is 228 g/mol. The van der Waals surface area contributed by atoms with Crippen LogP contribution in [0.2, 0.25) is 0 Å². The lowest BCUT2D eigenvalue weighted by molar-refractivity contribution is -0.305. The molecule has 2 rings (SSSR count). The number of carboxylic acid groups (broad SMARTS) is 1. The minimum Gasteiger partial charge on any atom is -0.550 e. The van der Waals surface area contributed by atoms with Crippen molar-refractivity contribution in [2.45, 2.75) is 18.8 Å². The molecule has 8 heteroatoms. The van der Waals surface area contributed by atoms with Crippen LogP contribution >= 0.6 is 0 Å². The molecule has 4 amide bonds. The molecule has 8 nitrogen and oxygen atoms in total. The molecule has 0 bridgehead atoms. The molecule has 2 aliphatic rings. The van der Waals surface area contributed by atoms with Crippen LogP contribution in [0.3, 0.4) is 0 Å². The van der Waals surface area contributed by atoms with Crippen LogP contribution in [-0.4, -0.2) is 65.7 Å². The molecule has 17 heavy (non-hydrogen) atoms. The third kappa shape index (κ3) is 1.65. The molecule has 0 spiro atoms. The largest absolute Gasteiger partial charge is 0.550 e. The van der Waals surface area contributed by atoms with E-state index < -0.39 is 18.3 Å². The molecule has 0 radical (unpaired) electrons. The van der Waals surface area contributed by atoms with E-state index in [-0.39, 0.29) is 25.0 Å². The highest BCUT2D eigenvalue weighted by atomic mass is 16.4. The van der Waals surface area contributed by atoms with Gasteiger partial charge in [-0.05, 0) is 0 Å². The molecule has 2 fully saturated rings. The highest BCUT2D eigenvalue weighted by Gasteiger charge is 2.52. The second-order valence-corrected chi connectivity index (χ2v) is 4.13. The van der Waals surface area contributed by atoms with Gasteiger partial charge in [0.2, 0.25) is 0 Å². The van der Waals surface area contributed by atoms with Gasteiger partial charge in [0.1, 0.15) is 12.3 Å². The van der Waals surface area contributed by atoms with Crippen molar-refractivity contribution in [1.29, 1.82) is 0 Å². The van der Waals surface area contributed by atoms with Crippen LogP contribution in [0.15, 0.2) is 0 Å². The van der Waals surface area contributed by atoms with Gasteiger partial charge < -0.3 is 25.0 Å². The number of nitrogens with one attached hydrogen (secondary N) is 1. The van der Waals surface area contributed by atoms with E-state index in [1.165, 1.54) is 14.7 Å². The average molecular weight is 241 g/mol. The maximum atomic E-state index is 11.7. The van der Waals surface area contributed by atoms with Gasteiger partial charge in [-0.3, -0.25) is 4.90 Å². The van der Waals surface area contributed by atoms with E-state index in [2.05, 4.69) is 5.32 Å². The van der Waals surface area contributed by atoms with Crippen LogP contribution in [0.1, 0.15) is 6.42 Å². The number of urea groups is 2. The first-order valence-corrected chi connectivity index (χ1v) is 5.20. The van der Waals surface area contributed by atoms with E-state index in [1.807, 2.05) is 0 Å². The first-order chi connectivity index (χ1) is 7.93. The van der Waals surface area contributed by atoms with Gasteiger partial charge >= 0.3 is 12.1 Å². The lowest BCUT2D eigenvalue weighted by Crippen LogP contribution is -2.45. The summed E-state index contributed by atoms with van der Waals surface area (Å²) in [6.45, 7) is 0.0286. The van der Waals surface area contributed by atoms with E-state index in [9.17, 15) is 19.5 Å². The van der Waals surface area contributed by atoms with Crippen molar-refractivity contribution in [3.05, 3.63) is 0 Å². The second-order valence-electron chi connectivity index (χ2n) is 4.13. The molecule has 1 N–H and O–H groups in total. The Morgan fingerprint density at radius 3 is 2.59 bits per heavy atom. The van der Waals surface area contributed by atoms with E-state index >= 15 is 0 Å². The first kappa shape index (κ1) is 11.5. The number of fused-ring (bicyclic) bond motifs is 1. The third-order valence-electron chi connectivity index (χ3n) is 3.11. The topological polar surface area (TPSA) is 96.0 Å². The Morgan fingerprint density at radius 1 is 1.35 bits per heavy atom. The second kappa shape index (κ2) is 3.79. The molecule has 0 unspecified atom stereocenters. The normalized spacial score (nSPS) is 27.5. The lowest BCUT2D eigenvalue weighted by atomic mass is 10.3. The van der Waals surface area contributed by atoms with Crippen molar-refractivity contribution >= 4 is 18.0 Å². The predicted octanol–water partition coefficient (Wildman–Crippen LogP) is -2.20. The van der Waals surface area contributed by atoms with Crippen molar-refractivity contribution in [2.75, 3.05) is 20.6 Å². The molecule has 2 saturated heterocycles. The monoisotopic (exact) mass is 241 g/mol. The van der Waals surface area contributed by atoms with Crippen LogP contribution in [-0.2, 0) is 4.79 Å². The first-order valence-electron chi connectivity index (χ1n) is 5.20. The fraction of sp³-hybridized carbons (Fsp3) is 0.667. The van der Waals surface area contributed by atoms with Crippen molar-refractivity contribution in [3.8, 4) is 0 Å². The fourth-order valence-electron chi connectivity index (χ4n) is 2.22. The Labute approximate surface area is 97.8 Å². The standard InChI is InChI=1S/C9H14N4O4/c1-11-6-7(12(2)9(11)17)13(8(16)10-6)4-3-5(14)15/h6-7H,3-4H2,1-2H3,(H,10,16)(H,14,15)/p-1/t6-,7+/m1/s1. The Bertz CT molecular complexity index is 385. The van der Waals surface area contributed by atoms with Crippen molar-refractivity contribution in [2.24, 2.45) is 0 Å². The third-order valence-corrected chi connectivity index (χ3v) is 3.11. The summed E-state index contributed by atoms with van der Waals surface area (Å²) in [4.78, 5) is 37.9. The minimum atomic E-state index is -1.22. The molecular formula is C9H13N4O4-. The zero-order chi connectivity index (χ0) is 12.7. The molecule has 0 aromatic heterocycles. The van der Waals surface area contributed by atoms with E-state index in [1.54, 1.807) is 14.1 Å². The fourth-order valence-corrected chi connectivity index (χ4v) is 2.22. The summed E-state index contributed by atoms with van der Waals surface area (Å²) >= 11 is 0. The van der Waals surface area contributed by atoms with Crippen LogP contribution < -0.4 is 10.4 Å². The molecule has 94 valence electrons. The molecule has 0 saturated carbocycles. The summed E-state index contributed by atoms with van der Waals surface area (Å²) in [5.41, 5.74) is 0. The number of carbonyl (C=O) groups is 3. The molecule has 2 atom stereocenters. The number of aliphatic carboxylic acids is 1. The summed E-state index contributed by atoms with van der Waals surface area (Å²) in [5.74, 6) is -1.22. The Balaban J connectivity index is 2.15. The molecule has 2 heterocycles. The highest BCUT2D eigenvalue weighted by molar-refractivity contribution is 5.85. The van der Waals surface area contributed by atoms with Crippen LogP contribution in [0.25, 0.3) is 0 Å². The molecule has 0 aromatic carbocycles. The summed E-state index contributed by atoms with van der Waals surface area (Å²) in [5, 5.41) is 13.0. The number of nitrogens with zero attached hydrogens (tertiary/aromatic N) is 3. The Kier molecular flexibility index (Phi) is 2.56. The van der Waals surface area contributed by atoms with Gasteiger partial charge in [0.15, 0.2) is 0 Å². The number of hydrogen-bond acceptors (Lipinski definition) is 4. The van der Waals surface area contributed by atoms with Crippen LogP contribution in [0, 0.1) is 0 Å². The Hall–Kier alpha value is -1.99. The maximum absolute atomic E-state index is 11.7. The number of hydrogen-bond donors (Lipinski definition) is 1. The van der Waals surface area contributed by atoms with Gasteiger partial charge in [0.25, 0.3) is 0 Å².